The molecule has 31 heavy (non-hydrogen) atoms. The van der Waals surface area contributed by atoms with Gasteiger partial charge in [-0.05, 0) is 38.1 Å². The summed E-state index contributed by atoms with van der Waals surface area (Å²) in [4.78, 5) is 24.1. The largest absolute Gasteiger partial charge is 0.507 e. The first kappa shape index (κ1) is 19.9. The number of hydrogen-bond acceptors (Lipinski definition) is 7. The van der Waals surface area contributed by atoms with E-state index in [1.165, 1.54) is 6.92 Å². The molecule has 4 rings (SSSR count). The molecule has 0 fully saturated rings. The second kappa shape index (κ2) is 8.16. The summed E-state index contributed by atoms with van der Waals surface area (Å²) in [6.45, 7) is 3.06. The summed E-state index contributed by atoms with van der Waals surface area (Å²) >= 11 is 0. The molecule has 0 aliphatic rings. The summed E-state index contributed by atoms with van der Waals surface area (Å²) in [6, 6.07) is 18.3. The molecule has 2 aromatic carbocycles. The number of rotatable bonds is 5. The van der Waals surface area contributed by atoms with Gasteiger partial charge in [0.1, 0.15) is 17.4 Å². The third-order valence-corrected chi connectivity index (χ3v) is 4.67. The summed E-state index contributed by atoms with van der Waals surface area (Å²) < 4.78 is 10.9. The molecular formula is C23H18N4O4. The number of carbonyl (C=O) groups is 1. The molecule has 2 aromatic heterocycles. The van der Waals surface area contributed by atoms with E-state index in [1.807, 2.05) is 48.5 Å². The van der Waals surface area contributed by atoms with Crippen LogP contribution >= 0.6 is 0 Å². The van der Waals surface area contributed by atoms with E-state index in [-0.39, 0.29) is 28.7 Å². The molecule has 0 aliphatic heterocycles. The number of para-hydroxylation sites is 2. The molecule has 4 aromatic rings. The number of aryl methyl sites for hydroxylation is 1. The lowest BCUT2D eigenvalue weighted by molar-refractivity contribution is 0.0326. The van der Waals surface area contributed by atoms with Crippen molar-refractivity contribution in [1.29, 1.82) is 5.26 Å². The second-order valence-electron chi connectivity index (χ2n) is 6.81. The number of nitrogens with one attached hydrogen (secondary N) is 1. The van der Waals surface area contributed by atoms with Gasteiger partial charge in [0.05, 0.1) is 11.0 Å². The zero-order valence-corrected chi connectivity index (χ0v) is 16.8. The number of H-pyrrole nitrogens is 1. The second-order valence-corrected chi connectivity index (χ2v) is 6.81. The van der Waals surface area contributed by atoms with Crippen LogP contribution in [0.3, 0.4) is 0 Å². The Labute approximate surface area is 177 Å². The van der Waals surface area contributed by atoms with E-state index in [4.69, 9.17) is 9.15 Å². The number of hydrogen-bond donors (Lipinski definition) is 2. The number of esters is 1. The lowest BCUT2D eigenvalue weighted by atomic mass is 10.1. The smallest absolute Gasteiger partial charge is 0.361 e. The zero-order chi connectivity index (χ0) is 22.0. The number of benzene rings is 2. The average molecular weight is 414 g/mol. The molecular weight excluding hydrogens is 396 g/mol. The number of ether oxygens (including phenoxy) is 1. The number of aliphatic hydroxyl groups excluding tert-OH is 1. The predicted octanol–water partition coefficient (Wildman–Crippen LogP) is 4.56. The van der Waals surface area contributed by atoms with Gasteiger partial charge in [0.15, 0.2) is 23.4 Å². The number of allylic oxidation sites excluding steroid dienone is 1. The Balaban J connectivity index is 1.58. The Bertz CT molecular complexity index is 1300. The maximum atomic E-state index is 12.6. The number of nitriles is 1. The molecule has 0 saturated carbocycles. The fourth-order valence-electron chi connectivity index (χ4n) is 3.07. The van der Waals surface area contributed by atoms with Crippen LogP contribution in [0.2, 0.25) is 0 Å². The van der Waals surface area contributed by atoms with Crippen LogP contribution < -0.4 is 0 Å². The highest BCUT2D eigenvalue weighted by atomic mass is 16.6. The monoisotopic (exact) mass is 414 g/mol. The third-order valence-electron chi connectivity index (χ3n) is 4.67. The van der Waals surface area contributed by atoms with Gasteiger partial charge in [0.2, 0.25) is 5.89 Å². The van der Waals surface area contributed by atoms with Crippen LogP contribution in [0.4, 0.5) is 0 Å². The first-order valence-electron chi connectivity index (χ1n) is 9.50. The summed E-state index contributed by atoms with van der Waals surface area (Å²) in [5, 5.41) is 20.1. The zero-order valence-electron chi connectivity index (χ0n) is 16.8. The first-order valence-corrected chi connectivity index (χ1v) is 9.50. The van der Waals surface area contributed by atoms with E-state index >= 15 is 0 Å². The van der Waals surface area contributed by atoms with E-state index < -0.39 is 17.8 Å². The van der Waals surface area contributed by atoms with Crippen molar-refractivity contribution in [1.82, 2.24) is 15.0 Å². The summed E-state index contributed by atoms with van der Waals surface area (Å²) in [6.07, 6.45) is -1.10. The van der Waals surface area contributed by atoms with E-state index in [1.54, 1.807) is 19.1 Å². The minimum absolute atomic E-state index is 0.000692. The van der Waals surface area contributed by atoms with Crippen LogP contribution in [-0.2, 0) is 4.74 Å². The number of fused-ring (bicyclic) bond motifs is 1. The quantitative estimate of drug-likeness (QED) is 0.278. The van der Waals surface area contributed by atoms with Crippen molar-refractivity contribution in [2.45, 2.75) is 20.0 Å². The average Bonchev–Trinajstić information content (AvgIpc) is 3.38. The topological polar surface area (TPSA) is 125 Å². The molecule has 0 aliphatic carbocycles. The molecule has 1 atom stereocenters. The van der Waals surface area contributed by atoms with Crippen molar-refractivity contribution in [2.75, 3.05) is 0 Å². The van der Waals surface area contributed by atoms with E-state index in [2.05, 4.69) is 15.0 Å². The normalized spacial score (nSPS) is 12.8. The number of carbonyl (C=O) groups excluding carboxylic acids is 1. The number of oxazole rings is 1. The standard InChI is InChI=1S/C23H18N4O4/c1-13-19(27-22(30-13)15-8-4-3-5-9-15)23(29)31-14(2)20(28)16(12-24)21-25-17-10-6-7-11-18(17)26-21/h3-11,14,28H,1-2H3,(H,25,26)/b20-16-/t14-/m1/s1. The van der Waals surface area contributed by atoms with Crippen LogP contribution in [0.25, 0.3) is 28.1 Å². The summed E-state index contributed by atoms with van der Waals surface area (Å²) in [7, 11) is 0. The molecule has 0 amide bonds. The van der Waals surface area contributed by atoms with Gasteiger partial charge in [-0.3, -0.25) is 0 Å². The molecule has 0 spiro atoms. The van der Waals surface area contributed by atoms with Crippen molar-refractivity contribution < 1.29 is 19.1 Å². The van der Waals surface area contributed by atoms with Crippen molar-refractivity contribution in [3.63, 3.8) is 0 Å². The Kier molecular flexibility index (Phi) is 5.24. The van der Waals surface area contributed by atoms with Gasteiger partial charge in [0.25, 0.3) is 0 Å². The van der Waals surface area contributed by atoms with Gasteiger partial charge in [-0.25, -0.2) is 14.8 Å². The molecule has 2 N–H and O–H groups in total. The molecule has 154 valence electrons. The van der Waals surface area contributed by atoms with Crippen LogP contribution in [0.5, 0.6) is 0 Å². The van der Waals surface area contributed by atoms with Gasteiger partial charge >= 0.3 is 5.97 Å². The lowest BCUT2D eigenvalue weighted by Crippen LogP contribution is -2.19. The van der Waals surface area contributed by atoms with Crippen LogP contribution in [-0.4, -0.2) is 32.1 Å². The molecule has 8 heteroatoms. The van der Waals surface area contributed by atoms with Crippen molar-refractivity contribution in [3.05, 3.63) is 77.6 Å². The molecule has 0 saturated heterocycles. The Morgan fingerprint density at radius 3 is 2.58 bits per heavy atom. The maximum Gasteiger partial charge on any atom is 0.361 e. The Morgan fingerprint density at radius 1 is 1.16 bits per heavy atom. The van der Waals surface area contributed by atoms with Crippen LogP contribution in [0.1, 0.15) is 29.0 Å². The van der Waals surface area contributed by atoms with Gasteiger partial charge in [0, 0.05) is 5.56 Å². The molecule has 8 nitrogen and oxygen atoms in total. The third kappa shape index (κ3) is 3.89. The van der Waals surface area contributed by atoms with Gasteiger partial charge in [-0.15, -0.1) is 0 Å². The predicted molar refractivity (Wildman–Crippen MR) is 113 cm³/mol. The molecule has 0 unspecified atom stereocenters. The van der Waals surface area contributed by atoms with Gasteiger partial charge in [-0.2, -0.15) is 5.26 Å². The molecule has 0 bridgehead atoms. The van der Waals surface area contributed by atoms with Gasteiger partial charge in [-0.1, -0.05) is 30.3 Å². The van der Waals surface area contributed by atoms with Crippen LogP contribution in [0, 0.1) is 18.3 Å². The minimum atomic E-state index is -1.10. The highest BCUT2D eigenvalue weighted by Crippen LogP contribution is 2.24. The number of aliphatic hydroxyl groups is 1. The highest BCUT2D eigenvalue weighted by molar-refractivity contribution is 5.89. The fraction of sp³-hybridized carbons (Fsp3) is 0.130. The Hall–Kier alpha value is -4.38. The molecule has 2 heterocycles. The summed E-state index contributed by atoms with van der Waals surface area (Å²) in [5.74, 6) is -0.424. The van der Waals surface area contributed by atoms with Crippen molar-refractivity contribution >= 4 is 22.6 Å². The lowest BCUT2D eigenvalue weighted by Gasteiger charge is -2.12. The van der Waals surface area contributed by atoms with E-state index in [0.29, 0.717) is 5.52 Å². The number of aromatic amines is 1. The highest BCUT2D eigenvalue weighted by Gasteiger charge is 2.25. The molecule has 0 radical (unpaired) electrons. The first-order chi connectivity index (χ1) is 15.0. The Morgan fingerprint density at radius 2 is 1.87 bits per heavy atom. The van der Waals surface area contributed by atoms with E-state index in [0.717, 1.165) is 11.1 Å². The van der Waals surface area contributed by atoms with Crippen molar-refractivity contribution in [2.24, 2.45) is 0 Å². The van der Waals surface area contributed by atoms with Gasteiger partial charge < -0.3 is 19.2 Å². The van der Waals surface area contributed by atoms with Crippen molar-refractivity contribution in [3.8, 4) is 17.5 Å². The summed E-state index contributed by atoms with van der Waals surface area (Å²) in [5.41, 5.74) is 1.97. The number of imidazole rings is 1. The number of aromatic nitrogens is 3. The fourth-order valence-corrected chi connectivity index (χ4v) is 3.07. The number of nitrogens with zero attached hydrogens (tertiary/aromatic N) is 3. The van der Waals surface area contributed by atoms with Crippen LogP contribution in [0.15, 0.2) is 64.8 Å². The minimum Gasteiger partial charge on any atom is -0.507 e. The maximum absolute atomic E-state index is 12.6. The van der Waals surface area contributed by atoms with E-state index in [9.17, 15) is 15.2 Å². The SMILES string of the molecule is Cc1oc(-c2ccccc2)nc1C(=O)O[C@H](C)/C(O)=C(\C#N)c1nc2ccccc2[nH]1.